The van der Waals surface area contributed by atoms with Gasteiger partial charge in [-0.15, -0.1) is 0 Å². The predicted molar refractivity (Wildman–Crippen MR) is 90.8 cm³/mol. The van der Waals surface area contributed by atoms with Crippen molar-refractivity contribution >= 4 is 29.4 Å². The Bertz CT molecular complexity index is 595. The van der Waals surface area contributed by atoms with Crippen LogP contribution in [0.25, 0.3) is 0 Å². The van der Waals surface area contributed by atoms with Crippen LogP contribution >= 0.6 is 11.6 Å². The lowest BCUT2D eigenvalue weighted by Gasteiger charge is -2.36. The second-order valence-electron chi connectivity index (χ2n) is 6.30. The largest absolute Gasteiger partial charge is 0.352 e. The van der Waals surface area contributed by atoms with Gasteiger partial charge in [0.25, 0.3) is 0 Å². The van der Waals surface area contributed by atoms with Crippen LogP contribution in [0, 0.1) is 0 Å². The van der Waals surface area contributed by atoms with Crippen molar-refractivity contribution in [1.82, 2.24) is 20.6 Å². The summed E-state index contributed by atoms with van der Waals surface area (Å²) in [6, 6.07) is -0.252. The molecule has 130 valence electrons. The van der Waals surface area contributed by atoms with Crippen molar-refractivity contribution in [3.8, 4) is 0 Å². The molecule has 0 saturated carbocycles. The van der Waals surface area contributed by atoms with E-state index >= 15 is 0 Å². The van der Waals surface area contributed by atoms with Gasteiger partial charge >= 0.3 is 0 Å². The number of halogens is 1. The molecule has 8 heteroatoms. The van der Waals surface area contributed by atoms with Crippen LogP contribution in [0.2, 0.25) is 5.02 Å². The molecule has 7 nitrogen and oxygen atoms in total. The molecular formula is C16H22ClN5O2. The number of anilines is 1. The molecule has 2 amide bonds. The van der Waals surface area contributed by atoms with Gasteiger partial charge in [-0.05, 0) is 32.1 Å². The lowest BCUT2D eigenvalue weighted by Crippen LogP contribution is -2.53. The van der Waals surface area contributed by atoms with Crippen LogP contribution in [0.15, 0.2) is 12.4 Å². The first kappa shape index (κ1) is 17.0. The Morgan fingerprint density at radius 1 is 1.29 bits per heavy atom. The molecule has 0 spiro atoms. The van der Waals surface area contributed by atoms with Gasteiger partial charge in [0.1, 0.15) is 6.04 Å². The molecule has 2 N–H and O–H groups in total. The molecule has 2 fully saturated rings. The maximum atomic E-state index is 12.3. The molecule has 1 aromatic rings. The van der Waals surface area contributed by atoms with Gasteiger partial charge in [0.15, 0.2) is 0 Å². The average Bonchev–Trinajstić information content (AvgIpc) is 2.61. The number of aromatic nitrogens is 2. The third-order valence-corrected chi connectivity index (χ3v) is 4.75. The normalized spacial score (nSPS) is 24.4. The fourth-order valence-electron chi connectivity index (χ4n) is 3.27. The number of hydrogen-bond acceptors (Lipinski definition) is 5. The number of nitrogens with one attached hydrogen (secondary N) is 2. The quantitative estimate of drug-likeness (QED) is 0.853. The molecule has 0 aliphatic carbocycles. The van der Waals surface area contributed by atoms with Crippen molar-refractivity contribution in [2.24, 2.45) is 0 Å². The highest BCUT2D eigenvalue weighted by molar-refractivity contribution is 6.30. The first-order chi connectivity index (χ1) is 11.6. The molecule has 24 heavy (non-hydrogen) atoms. The lowest BCUT2D eigenvalue weighted by atomic mass is 10.0. The fourth-order valence-corrected chi connectivity index (χ4v) is 3.37. The van der Waals surface area contributed by atoms with E-state index in [0.29, 0.717) is 30.4 Å². The summed E-state index contributed by atoms with van der Waals surface area (Å²) >= 11 is 5.85. The molecule has 0 unspecified atom stereocenters. The Morgan fingerprint density at radius 3 is 2.83 bits per heavy atom. The number of rotatable bonds is 4. The minimum Gasteiger partial charge on any atom is -0.352 e. The number of hydrogen-bond donors (Lipinski definition) is 2. The number of piperidine rings is 2. The standard InChI is InChI=1S/C16H22ClN5O2/c17-11-8-19-16(20-9-11)22-7-2-1-4-12(22)10-18-15(24)13-5-3-6-14(23)21-13/h8-9,12-13H,1-7,10H2,(H,18,24)(H,21,23)/t12-,13-/m1/s1. The SMILES string of the molecule is O=C1CCC[C@H](C(=O)NC[C@H]2CCCCN2c2ncc(Cl)cn2)N1. The summed E-state index contributed by atoms with van der Waals surface area (Å²) in [5.74, 6) is 0.491. The zero-order valence-electron chi connectivity index (χ0n) is 13.5. The predicted octanol–water partition coefficient (Wildman–Crippen LogP) is 1.27. The van der Waals surface area contributed by atoms with Crippen LogP contribution < -0.4 is 15.5 Å². The molecule has 2 saturated heterocycles. The van der Waals surface area contributed by atoms with E-state index < -0.39 is 6.04 Å². The highest BCUT2D eigenvalue weighted by Crippen LogP contribution is 2.22. The van der Waals surface area contributed by atoms with E-state index in [1.807, 2.05) is 0 Å². The van der Waals surface area contributed by atoms with E-state index in [4.69, 9.17) is 11.6 Å². The van der Waals surface area contributed by atoms with E-state index in [-0.39, 0.29) is 17.9 Å². The second-order valence-corrected chi connectivity index (χ2v) is 6.74. The molecule has 0 aromatic carbocycles. The van der Waals surface area contributed by atoms with E-state index in [2.05, 4.69) is 25.5 Å². The van der Waals surface area contributed by atoms with Crippen molar-refractivity contribution < 1.29 is 9.59 Å². The number of amides is 2. The minimum atomic E-state index is -0.407. The minimum absolute atomic E-state index is 0.0461. The van der Waals surface area contributed by atoms with Gasteiger partial charge < -0.3 is 15.5 Å². The summed E-state index contributed by atoms with van der Waals surface area (Å²) in [7, 11) is 0. The Kier molecular flexibility index (Phi) is 5.50. The highest BCUT2D eigenvalue weighted by Gasteiger charge is 2.28. The monoisotopic (exact) mass is 351 g/mol. The van der Waals surface area contributed by atoms with Crippen molar-refractivity contribution in [3.63, 3.8) is 0 Å². The Labute approximate surface area is 146 Å². The molecule has 3 rings (SSSR count). The summed E-state index contributed by atoms with van der Waals surface area (Å²) in [4.78, 5) is 34.4. The van der Waals surface area contributed by atoms with E-state index in [0.717, 1.165) is 32.2 Å². The second kappa shape index (κ2) is 7.79. The van der Waals surface area contributed by atoms with Crippen molar-refractivity contribution in [2.45, 2.75) is 50.6 Å². The molecule has 2 atom stereocenters. The fraction of sp³-hybridized carbons (Fsp3) is 0.625. The third-order valence-electron chi connectivity index (χ3n) is 4.55. The molecule has 0 radical (unpaired) electrons. The Hall–Kier alpha value is -1.89. The number of carbonyl (C=O) groups is 2. The third kappa shape index (κ3) is 4.14. The van der Waals surface area contributed by atoms with E-state index in [1.54, 1.807) is 12.4 Å². The summed E-state index contributed by atoms with van der Waals surface area (Å²) in [5.41, 5.74) is 0. The summed E-state index contributed by atoms with van der Waals surface area (Å²) in [6.07, 6.45) is 8.32. The van der Waals surface area contributed by atoms with Crippen molar-refractivity contribution in [2.75, 3.05) is 18.0 Å². The first-order valence-electron chi connectivity index (χ1n) is 8.45. The summed E-state index contributed by atoms with van der Waals surface area (Å²) in [6.45, 7) is 1.39. The molecular weight excluding hydrogens is 330 g/mol. The van der Waals surface area contributed by atoms with Gasteiger partial charge in [-0.2, -0.15) is 0 Å². The van der Waals surface area contributed by atoms with Gasteiger partial charge in [0, 0.05) is 25.6 Å². The van der Waals surface area contributed by atoms with Crippen LogP contribution in [0.5, 0.6) is 0 Å². The van der Waals surface area contributed by atoms with Crippen LogP contribution in [0.4, 0.5) is 5.95 Å². The van der Waals surface area contributed by atoms with Gasteiger partial charge in [-0.25, -0.2) is 9.97 Å². The van der Waals surface area contributed by atoms with Crippen LogP contribution in [-0.2, 0) is 9.59 Å². The maximum Gasteiger partial charge on any atom is 0.242 e. The smallest absolute Gasteiger partial charge is 0.242 e. The summed E-state index contributed by atoms with van der Waals surface area (Å²) < 4.78 is 0. The topological polar surface area (TPSA) is 87.2 Å². The van der Waals surface area contributed by atoms with Gasteiger partial charge in [-0.1, -0.05) is 11.6 Å². The molecule has 2 aliphatic heterocycles. The Balaban J connectivity index is 1.58. The first-order valence-corrected chi connectivity index (χ1v) is 8.82. The number of carbonyl (C=O) groups excluding carboxylic acids is 2. The van der Waals surface area contributed by atoms with Crippen molar-refractivity contribution in [3.05, 3.63) is 17.4 Å². The van der Waals surface area contributed by atoms with Gasteiger partial charge in [-0.3, -0.25) is 9.59 Å². The molecule has 0 bridgehead atoms. The van der Waals surface area contributed by atoms with E-state index in [1.165, 1.54) is 0 Å². The summed E-state index contributed by atoms with van der Waals surface area (Å²) in [5, 5.41) is 6.23. The zero-order chi connectivity index (χ0) is 16.9. The maximum absolute atomic E-state index is 12.3. The van der Waals surface area contributed by atoms with Crippen LogP contribution in [0.1, 0.15) is 38.5 Å². The Morgan fingerprint density at radius 2 is 2.08 bits per heavy atom. The van der Waals surface area contributed by atoms with Gasteiger partial charge in [0.05, 0.1) is 17.4 Å². The van der Waals surface area contributed by atoms with Crippen LogP contribution in [-0.4, -0.2) is 47.0 Å². The average molecular weight is 352 g/mol. The highest BCUT2D eigenvalue weighted by atomic mass is 35.5. The van der Waals surface area contributed by atoms with Crippen LogP contribution in [0.3, 0.4) is 0 Å². The van der Waals surface area contributed by atoms with E-state index in [9.17, 15) is 9.59 Å². The number of nitrogens with zero attached hydrogens (tertiary/aromatic N) is 3. The lowest BCUT2D eigenvalue weighted by molar-refractivity contribution is -0.131. The molecule has 3 heterocycles. The van der Waals surface area contributed by atoms with Crippen molar-refractivity contribution in [1.29, 1.82) is 0 Å². The molecule has 1 aromatic heterocycles. The zero-order valence-corrected chi connectivity index (χ0v) is 14.3. The molecule has 2 aliphatic rings. The van der Waals surface area contributed by atoms with Gasteiger partial charge in [0.2, 0.25) is 17.8 Å².